The molecule has 0 aliphatic heterocycles. The summed E-state index contributed by atoms with van der Waals surface area (Å²) in [6, 6.07) is 11.9. The van der Waals surface area contributed by atoms with Crippen molar-refractivity contribution in [3.63, 3.8) is 0 Å². The molecule has 4 aromatic heterocycles. The molecule has 0 radical (unpaired) electrons. The van der Waals surface area contributed by atoms with Gasteiger partial charge in [-0.15, -0.1) is 0 Å². The van der Waals surface area contributed by atoms with E-state index in [2.05, 4.69) is 19.9 Å². The van der Waals surface area contributed by atoms with Gasteiger partial charge in [0.15, 0.2) is 23.0 Å². The normalized spacial score (nSPS) is 11.3. The van der Waals surface area contributed by atoms with Gasteiger partial charge < -0.3 is 20.9 Å². The third kappa shape index (κ3) is 3.56. The summed E-state index contributed by atoms with van der Waals surface area (Å²) in [5.41, 5.74) is 16.8. The summed E-state index contributed by atoms with van der Waals surface area (Å²) in [6.07, 6.45) is 6.65. The lowest BCUT2D eigenvalue weighted by Gasteiger charge is -2.13. The molecule has 6 aromatic rings. The highest BCUT2D eigenvalue weighted by atomic mass is 19.1. The van der Waals surface area contributed by atoms with Crippen LogP contribution in [0.5, 0.6) is 17.5 Å². The molecule has 10 nitrogen and oxygen atoms in total. The van der Waals surface area contributed by atoms with Gasteiger partial charge in [-0.3, -0.25) is 8.97 Å². The molecule has 0 bridgehead atoms. The van der Waals surface area contributed by atoms with E-state index in [-0.39, 0.29) is 17.6 Å². The minimum Gasteiger partial charge on any atom is -0.492 e. The van der Waals surface area contributed by atoms with Gasteiger partial charge in [-0.05, 0) is 42.8 Å². The van der Waals surface area contributed by atoms with Crippen molar-refractivity contribution >= 4 is 28.2 Å². The Labute approximate surface area is 210 Å². The Morgan fingerprint density at radius 3 is 2.65 bits per heavy atom. The number of halogens is 1. The SMILES string of the molecule is COc1c(N)cccc1-n1ccn2c3ncnc(N)c3c(-c3ccc(Oc4nccc(C)n4)c(F)c3)c12. The summed E-state index contributed by atoms with van der Waals surface area (Å²) < 4.78 is 30.3. The van der Waals surface area contributed by atoms with Crippen LogP contribution in [-0.2, 0) is 0 Å². The number of aromatic nitrogens is 6. The number of rotatable bonds is 5. The van der Waals surface area contributed by atoms with E-state index < -0.39 is 5.82 Å². The van der Waals surface area contributed by atoms with Gasteiger partial charge in [0.05, 0.1) is 23.9 Å². The summed E-state index contributed by atoms with van der Waals surface area (Å²) in [5, 5.41) is 0.588. The van der Waals surface area contributed by atoms with Gasteiger partial charge in [-0.1, -0.05) is 12.1 Å². The fourth-order valence-corrected chi connectivity index (χ4v) is 4.46. The molecular weight excluding hydrogens is 475 g/mol. The van der Waals surface area contributed by atoms with E-state index >= 15 is 4.39 Å². The van der Waals surface area contributed by atoms with Crippen molar-refractivity contribution in [1.82, 2.24) is 28.9 Å². The highest BCUT2D eigenvalue weighted by Gasteiger charge is 2.23. The summed E-state index contributed by atoms with van der Waals surface area (Å²) in [4.78, 5) is 16.9. The first kappa shape index (κ1) is 22.3. The topological polar surface area (TPSA) is 131 Å². The van der Waals surface area contributed by atoms with Crippen LogP contribution < -0.4 is 20.9 Å². The van der Waals surface area contributed by atoms with Crippen LogP contribution in [0, 0.1) is 12.7 Å². The van der Waals surface area contributed by atoms with E-state index in [0.717, 1.165) is 0 Å². The lowest BCUT2D eigenvalue weighted by atomic mass is 10.0. The van der Waals surface area contributed by atoms with Crippen molar-refractivity contribution in [2.45, 2.75) is 6.92 Å². The molecule has 2 aromatic carbocycles. The Morgan fingerprint density at radius 1 is 1.00 bits per heavy atom. The first-order chi connectivity index (χ1) is 18.0. The maximum Gasteiger partial charge on any atom is 0.322 e. The minimum absolute atomic E-state index is 0.00813. The number of methoxy groups -OCH3 is 1. The number of para-hydroxylation sites is 1. The zero-order valence-electron chi connectivity index (χ0n) is 19.9. The summed E-state index contributed by atoms with van der Waals surface area (Å²) in [6.45, 7) is 1.80. The summed E-state index contributed by atoms with van der Waals surface area (Å²) in [5.74, 6) is 0.170. The highest BCUT2D eigenvalue weighted by Crippen LogP contribution is 2.41. The second-order valence-corrected chi connectivity index (χ2v) is 8.32. The number of fused-ring (bicyclic) bond motifs is 3. The van der Waals surface area contributed by atoms with Crippen LogP contribution in [0.25, 0.3) is 33.5 Å². The molecule has 0 saturated carbocycles. The molecular formula is C26H21FN8O2. The smallest absolute Gasteiger partial charge is 0.322 e. The van der Waals surface area contributed by atoms with E-state index in [1.807, 2.05) is 33.5 Å². The molecule has 11 heteroatoms. The molecule has 0 aliphatic rings. The third-order valence-corrected chi connectivity index (χ3v) is 6.06. The maximum absolute atomic E-state index is 15.4. The fourth-order valence-electron chi connectivity index (χ4n) is 4.46. The molecule has 0 saturated heterocycles. The van der Waals surface area contributed by atoms with Crippen molar-refractivity contribution in [2.24, 2.45) is 0 Å². The number of nitrogen functional groups attached to an aromatic ring is 2. The lowest BCUT2D eigenvalue weighted by Crippen LogP contribution is -2.01. The largest absolute Gasteiger partial charge is 0.492 e. The quantitative estimate of drug-likeness (QED) is 0.333. The Hall–Kier alpha value is -5.19. The zero-order valence-corrected chi connectivity index (χ0v) is 19.9. The molecule has 0 spiro atoms. The van der Waals surface area contributed by atoms with Gasteiger partial charge in [-0.2, -0.15) is 0 Å². The van der Waals surface area contributed by atoms with Gasteiger partial charge in [0.2, 0.25) is 0 Å². The van der Waals surface area contributed by atoms with Gasteiger partial charge >= 0.3 is 6.01 Å². The molecule has 184 valence electrons. The highest BCUT2D eigenvalue weighted by molar-refractivity contribution is 6.08. The number of anilines is 2. The lowest BCUT2D eigenvalue weighted by molar-refractivity contribution is 0.410. The van der Waals surface area contributed by atoms with Gasteiger partial charge in [0, 0.05) is 29.8 Å². The number of hydrogen-bond donors (Lipinski definition) is 2. The third-order valence-electron chi connectivity index (χ3n) is 6.06. The van der Waals surface area contributed by atoms with Gasteiger partial charge in [0.1, 0.15) is 17.8 Å². The predicted octanol–water partition coefficient (Wildman–Crippen LogP) is 4.54. The number of ether oxygens (including phenoxy) is 2. The van der Waals surface area contributed by atoms with Crippen LogP contribution in [-0.4, -0.2) is 36.0 Å². The molecule has 37 heavy (non-hydrogen) atoms. The van der Waals surface area contributed by atoms with Gasteiger partial charge in [0.25, 0.3) is 0 Å². The van der Waals surface area contributed by atoms with E-state index in [1.54, 1.807) is 38.4 Å². The average Bonchev–Trinajstić information content (AvgIpc) is 3.44. The van der Waals surface area contributed by atoms with E-state index in [1.165, 1.54) is 18.5 Å². The number of aryl methyl sites for hydroxylation is 1. The Morgan fingerprint density at radius 2 is 1.86 bits per heavy atom. The summed E-state index contributed by atoms with van der Waals surface area (Å²) in [7, 11) is 1.56. The molecule has 0 aliphatic carbocycles. The molecule has 6 rings (SSSR count). The molecule has 0 fully saturated rings. The van der Waals surface area contributed by atoms with E-state index in [4.69, 9.17) is 20.9 Å². The Balaban J connectivity index is 1.58. The Kier molecular flexibility index (Phi) is 5.11. The first-order valence-corrected chi connectivity index (χ1v) is 11.3. The van der Waals surface area contributed by atoms with Crippen molar-refractivity contribution in [1.29, 1.82) is 0 Å². The molecule has 0 amide bonds. The molecule has 0 atom stereocenters. The number of nitrogens with zero attached hydrogens (tertiary/aromatic N) is 6. The van der Waals surface area contributed by atoms with Crippen molar-refractivity contribution in [3.05, 3.63) is 78.9 Å². The van der Waals surface area contributed by atoms with Crippen LogP contribution >= 0.6 is 0 Å². The first-order valence-electron chi connectivity index (χ1n) is 11.3. The van der Waals surface area contributed by atoms with E-state index in [0.29, 0.717) is 50.6 Å². The molecule has 4 N–H and O–H groups in total. The second kappa shape index (κ2) is 8.48. The number of imidazole rings is 1. The van der Waals surface area contributed by atoms with Crippen LogP contribution in [0.3, 0.4) is 0 Å². The van der Waals surface area contributed by atoms with Crippen LogP contribution in [0.15, 0.2) is 67.4 Å². The summed E-state index contributed by atoms with van der Waals surface area (Å²) >= 11 is 0. The molecule has 4 heterocycles. The predicted molar refractivity (Wildman–Crippen MR) is 137 cm³/mol. The fraction of sp³-hybridized carbons (Fsp3) is 0.0769. The van der Waals surface area contributed by atoms with Gasteiger partial charge in [-0.25, -0.2) is 24.3 Å². The van der Waals surface area contributed by atoms with Crippen LogP contribution in [0.4, 0.5) is 15.9 Å². The van der Waals surface area contributed by atoms with Crippen molar-refractivity contribution < 1.29 is 13.9 Å². The van der Waals surface area contributed by atoms with Crippen molar-refractivity contribution in [3.8, 4) is 34.3 Å². The second-order valence-electron chi connectivity index (χ2n) is 8.32. The van der Waals surface area contributed by atoms with E-state index in [9.17, 15) is 0 Å². The Bertz CT molecular complexity index is 1810. The van der Waals surface area contributed by atoms with Crippen LogP contribution in [0.2, 0.25) is 0 Å². The van der Waals surface area contributed by atoms with Crippen molar-refractivity contribution in [2.75, 3.05) is 18.6 Å². The number of nitrogens with two attached hydrogens (primary N) is 2. The average molecular weight is 497 g/mol. The molecule has 0 unspecified atom stereocenters. The monoisotopic (exact) mass is 496 g/mol. The van der Waals surface area contributed by atoms with Crippen LogP contribution in [0.1, 0.15) is 5.69 Å². The standard InChI is InChI=1S/C26H21FN8O2/c1-14-8-9-30-26(33-14)37-19-7-6-15(12-16(19)27)20-21-23(29)31-13-32-24(21)35-11-10-34(25(20)35)18-5-3-4-17(28)22(18)36-2/h3-13H,28H2,1-2H3,(H2,29,31,32). The number of benzene rings is 2. The maximum atomic E-state index is 15.4. The zero-order chi connectivity index (χ0) is 25.7. The minimum atomic E-state index is -0.592. The number of hydrogen-bond acceptors (Lipinski definition) is 8.